The molecule has 4 nitrogen and oxygen atoms in total. The summed E-state index contributed by atoms with van der Waals surface area (Å²) in [6, 6.07) is 0. The van der Waals surface area contributed by atoms with Gasteiger partial charge in [0.15, 0.2) is 5.96 Å². The molecule has 0 amide bonds. The van der Waals surface area contributed by atoms with Gasteiger partial charge >= 0.3 is 0 Å². The Labute approximate surface area is 164 Å². The molecule has 0 aromatic carbocycles. The minimum atomic E-state index is 0. The minimum Gasteiger partial charge on any atom is -0.357 e. The number of nitrogens with one attached hydrogen (secondary N) is 2. The topological polar surface area (TPSA) is 39.7 Å². The van der Waals surface area contributed by atoms with Crippen molar-refractivity contribution in [1.29, 1.82) is 0 Å². The molecule has 0 spiro atoms. The summed E-state index contributed by atoms with van der Waals surface area (Å²) in [5.41, 5.74) is 0.368. The van der Waals surface area contributed by atoms with Crippen molar-refractivity contribution in [1.82, 2.24) is 15.5 Å². The van der Waals surface area contributed by atoms with Gasteiger partial charge in [-0.15, -0.1) is 24.0 Å². The fraction of sp³-hybridized carbons (Fsp3) is 0.941. The Morgan fingerprint density at radius 2 is 1.78 bits per heavy atom. The molecule has 2 aliphatic rings. The van der Waals surface area contributed by atoms with Crippen LogP contribution in [0.4, 0.5) is 0 Å². The highest BCUT2D eigenvalue weighted by Gasteiger charge is 2.39. The second kappa shape index (κ2) is 9.70. The van der Waals surface area contributed by atoms with E-state index in [2.05, 4.69) is 55.0 Å². The maximum atomic E-state index is 4.97. The highest BCUT2D eigenvalue weighted by Crippen LogP contribution is 2.37. The van der Waals surface area contributed by atoms with E-state index in [1.165, 1.54) is 50.3 Å². The average Bonchev–Trinajstić information content (AvgIpc) is 2.95. The van der Waals surface area contributed by atoms with Crippen LogP contribution < -0.4 is 10.6 Å². The summed E-state index contributed by atoms with van der Waals surface area (Å²) in [6.07, 6.45) is 5.36. The van der Waals surface area contributed by atoms with Crippen LogP contribution in [0.25, 0.3) is 0 Å². The number of nitrogens with zero attached hydrogens (tertiary/aromatic N) is 2. The monoisotopic (exact) mass is 454 g/mol. The quantitative estimate of drug-likeness (QED) is 0.389. The predicted molar refractivity (Wildman–Crippen MR) is 114 cm³/mol. The van der Waals surface area contributed by atoms with Crippen molar-refractivity contribution in [3.8, 4) is 0 Å². The molecule has 2 N–H and O–H groups in total. The van der Waals surface area contributed by atoms with Gasteiger partial charge in [0.2, 0.25) is 0 Å². The van der Waals surface area contributed by atoms with Crippen molar-refractivity contribution < 1.29 is 0 Å². The molecular weight excluding hydrogens is 419 g/mol. The van der Waals surface area contributed by atoms with Crippen LogP contribution in [0.1, 0.15) is 53.4 Å². The summed E-state index contributed by atoms with van der Waals surface area (Å²) >= 11 is 2.09. The van der Waals surface area contributed by atoms with Crippen LogP contribution >= 0.6 is 35.7 Å². The first-order chi connectivity index (χ1) is 10.5. The van der Waals surface area contributed by atoms with Crippen molar-refractivity contribution >= 4 is 41.7 Å². The molecule has 1 heterocycles. The van der Waals surface area contributed by atoms with Gasteiger partial charge in [0.05, 0.1) is 6.54 Å². The molecule has 0 aromatic rings. The molecule has 1 saturated heterocycles. The first-order valence-corrected chi connectivity index (χ1v) is 10.00. The second-order valence-corrected chi connectivity index (χ2v) is 8.83. The normalized spacial score (nSPS) is 22.5. The smallest absolute Gasteiger partial charge is 0.191 e. The molecular formula is C17H35IN4S. The Morgan fingerprint density at radius 3 is 2.30 bits per heavy atom. The summed E-state index contributed by atoms with van der Waals surface area (Å²) in [5, 5.41) is 6.92. The molecule has 2 rings (SSSR count). The van der Waals surface area contributed by atoms with Crippen LogP contribution in [0.5, 0.6) is 0 Å². The zero-order chi connectivity index (χ0) is 16.1. The standard InChI is InChI=1S/C17H34N4S.HI/c1-5-18-15(20-16(2,3)4)19-14-17(8-6-7-9-17)21-10-12-22-13-11-21;/h5-14H2,1-4H3,(H2,18,19,20);1H. The van der Waals surface area contributed by atoms with Gasteiger partial charge in [-0.3, -0.25) is 9.89 Å². The molecule has 0 unspecified atom stereocenters. The van der Waals surface area contributed by atoms with Gasteiger partial charge < -0.3 is 10.6 Å². The van der Waals surface area contributed by atoms with Crippen molar-refractivity contribution in [3.63, 3.8) is 0 Å². The van der Waals surface area contributed by atoms with Gasteiger partial charge in [0.1, 0.15) is 0 Å². The molecule has 1 saturated carbocycles. The number of hydrogen-bond acceptors (Lipinski definition) is 3. The number of guanidine groups is 1. The molecule has 1 aliphatic heterocycles. The van der Waals surface area contributed by atoms with Crippen molar-refractivity contribution in [2.24, 2.45) is 4.99 Å². The lowest BCUT2D eigenvalue weighted by Gasteiger charge is -2.42. The van der Waals surface area contributed by atoms with Gasteiger partial charge in [0.25, 0.3) is 0 Å². The Morgan fingerprint density at radius 1 is 1.17 bits per heavy atom. The van der Waals surface area contributed by atoms with E-state index in [0.29, 0.717) is 5.54 Å². The molecule has 23 heavy (non-hydrogen) atoms. The third-order valence-electron chi connectivity index (χ3n) is 4.59. The average molecular weight is 454 g/mol. The van der Waals surface area contributed by atoms with Gasteiger partial charge in [-0.05, 0) is 40.5 Å². The third kappa shape index (κ3) is 6.61. The van der Waals surface area contributed by atoms with E-state index in [9.17, 15) is 0 Å². The minimum absolute atomic E-state index is 0. The maximum Gasteiger partial charge on any atom is 0.191 e. The number of hydrogen-bond donors (Lipinski definition) is 2. The zero-order valence-corrected chi connectivity index (χ0v) is 18.4. The van der Waals surface area contributed by atoms with E-state index in [1.54, 1.807) is 0 Å². The predicted octanol–water partition coefficient (Wildman–Crippen LogP) is 3.32. The first-order valence-electron chi connectivity index (χ1n) is 8.84. The Bertz CT molecular complexity index is 369. The van der Waals surface area contributed by atoms with Gasteiger partial charge in [0, 0.05) is 42.2 Å². The van der Waals surface area contributed by atoms with Crippen LogP contribution in [0.3, 0.4) is 0 Å². The summed E-state index contributed by atoms with van der Waals surface area (Å²) in [5.74, 6) is 3.53. The lowest BCUT2D eigenvalue weighted by Crippen LogP contribution is -2.54. The lowest BCUT2D eigenvalue weighted by molar-refractivity contribution is 0.112. The SMILES string of the molecule is CCNC(=NCC1(N2CCSCC2)CCCC1)NC(C)(C)C.I. The summed E-state index contributed by atoms with van der Waals surface area (Å²) in [4.78, 5) is 7.71. The van der Waals surface area contributed by atoms with Crippen LogP contribution in [-0.2, 0) is 0 Å². The molecule has 2 fully saturated rings. The van der Waals surface area contributed by atoms with E-state index < -0.39 is 0 Å². The lowest BCUT2D eigenvalue weighted by atomic mass is 9.95. The van der Waals surface area contributed by atoms with E-state index in [4.69, 9.17) is 4.99 Å². The Hall–Kier alpha value is 0.310. The van der Waals surface area contributed by atoms with Crippen molar-refractivity contribution in [2.45, 2.75) is 64.5 Å². The summed E-state index contributed by atoms with van der Waals surface area (Å²) in [6.45, 7) is 13.0. The molecule has 0 bridgehead atoms. The summed E-state index contributed by atoms with van der Waals surface area (Å²) < 4.78 is 0. The van der Waals surface area contributed by atoms with Crippen LogP contribution in [-0.4, -0.2) is 59.6 Å². The van der Waals surface area contributed by atoms with Gasteiger partial charge in [-0.2, -0.15) is 11.8 Å². The Balaban J connectivity index is 0.00000264. The first kappa shape index (κ1) is 21.4. The van der Waals surface area contributed by atoms with Crippen molar-refractivity contribution in [2.75, 3.05) is 37.7 Å². The summed E-state index contributed by atoms with van der Waals surface area (Å²) in [7, 11) is 0. The molecule has 136 valence electrons. The zero-order valence-electron chi connectivity index (χ0n) is 15.3. The molecule has 0 atom stereocenters. The largest absolute Gasteiger partial charge is 0.357 e. The van der Waals surface area contributed by atoms with Crippen molar-refractivity contribution in [3.05, 3.63) is 0 Å². The highest BCUT2D eigenvalue weighted by molar-refractivity contribution is 14.0. The van der Waals surface area contributed by atoms with E-state index >= 15 is 0 Å². The third-order valence-corrected chi connectivity index (χ3v) is 5.53. The fourth-order valence-corrected chi connectivity index (χ4v) is 4.44. The molecule has 6 heteroatoms. The van der Waals surface area contributed by atoms with E-state index in [-0.39, 0.29) is 29.5 Å². The van der Waals surface area contributed by atoms with E-state index in [0.717, 1.165) is 19.0 Å². The van der Waals surface area contributed by atoms with Gasteiger partial charge in [-0.1, -0.05) is 12.8 Å². The van der Waals surface area contributed by atoms with Gasteiger partial charge in [-0.25, -0.2) is 0 Å². The van der Waals surface area contributed by atoms with Crippen LogP contribution in [0.2, 0.25) is 0 Å². The number of rotatable bonds is 4. The second-order valence-electron chi connectivity index (χ2n) is 7.60. The number of halogens is 1. The van der Waals surface area contributed by atoms with Crippen LogP contribution in [0.15, 0.2) is 4.99 Å². The number of aliphatic imine (C=N–C) groups is 1. The molecule has 1 aliphatic carbocycles. The Kier molecular flexibility index (Phi) is 9.01. The maximum absolute atomic E-state index is 4.97. The molecule has 0 aromatic heterocycles. The molecule has 0 radical (unpaired) electrons. The van der Waals surface area contributed by atoms with E-state index in [1.807, 2.05) is 0 Å². The highest BCUT2D eigenvalue weighted by atomic mass is 127. The number of thioether (sulfide) groups is 1. The fourth-order valence-electron chi connectivity index (χ4n) is 3.53. The van der Waals surface area contributed by atoms with Crippen LogP contribution in [0, 0.1) is 0 Å².